The molecule has 5 heteroatoms. The van der Waals surface area contributed by atoms with Crippen molar-refractivity contribution < 1.29 is 4.74 Å². The van der Waals surface area contributed by atoms with Gasteiger partial charge in [0.25, 0.3) is 0 Å². The standard InChI is InChI=1S/C23H18Cl2N2O/c24-17-8-4-14(5-9-17)12-16-2-1-3-19-21(15-6-10-18(25)11-7-15)20(13-26)23(27)28-22(16)19/h4-12,21H,1-3,27H2/b16-12-. The number of nitrogens with zero attached hydrogens (tertiary/aromatic N) is 1. The number of rotatable bonds is 2. The van der Waals surface area contributed by atoms with E-state index in [1.54, 1.807) is 0 Å². The molecule has 0 spiro atoms. The van der Waals surface area contributed by atoms with Gasteiger partial charge in [0.2, 0.25) is 5.88 Å². The summed E-state index contributed by atoms with van der Waals surface area (Å²) < 4.78 is 5.97. The van der Waals surface area contributed by atoms with Crippen molar-refractivity contribution in [2.45, 2.75) is 25.2 Å². The van der Waals surface area contributed by atoms with Crippen LogP contribution >= 0.6 is 23.2 Å². The Kier molecular flexibility index (Phi) is 5.17. The summed E-state index contributed by atoms with van der Waals surface area (Å²) in [5, 5.41) is 11.1. The van der Waals surface area contributed by atoms with Gasteiger partial charge in [0.1, 0.15) is 17.4 Å². The molecule has 0 aromatic heterocycles. The monoisotopic (exact) mass is 408 g/mol. The van der Waals surface area contributed by atoms with Crippen LogP contribution in [0.25, 0.3) is 6.08 Å². The second-order valence-corrected chi connectivity index (χ2v) is 7.78. The molecular weight excluding hydrogens is 391 g/mol. The van der Waals surface area contributed by atoms with Crippen LogP contribution in [-0.2, 0) is 4.74 Å². The van der Waals surface area contributed by atoms with Crippen LogP contribution in [0.4, 0.5) is 0 Å². The fourth-order valence-corrected chi connectivity index (χ4v) is 4.08. The summed E-state index contributed by atoms with van der Waals surface area (Å²) >= 11 is 12.1. The van der Waals surface area contributed by atoms with Crippen molar-refractivity contribution in [2.24, 2.45) is 5.73 Å². The molecule has 1 aliphatic carbocycles. The van der Waals surface area contributed by atoms with E-state index in [1.165, 1.54) is 0 Å². The Labute approximate surface area is 174 Å². The van der Waals surface area contributed by atoms with Crippen molar-refractivity contribution in [3.05, 3.63) is 98.1 Å². The zero-order valence-electron chi connectivity index (χ0n) is 15.1. The van der Waals surface area contributed by atoms with Gasteiger partial charge in [-0.3, -0.25) is 0 Å². The number of allylic oxidation sites excluding steroid dienone is 3. The highest BCUT2D eigenvalue weighted by atomic mass is 35.5. The van der Waals surface area contributed by atoms with Gasteiger partial charge in [-0.15, -0.1) is 0 Å². The Morgan fingerprint density at radius 2 is 1.64 bits per heavy atom. The molecule has 2 aliphatic rings. The largest absolute Gasteiger partial charge is 0.440 e. The molecule has 0 saturated carbocycles. The quantitative estimate of drug-likeness (QED) is 0.631. The number of hydrogen-bond acceptors (Lipinski definition) is 3. The van der Waals surface area contributed by atoms with Gasteiger partial charge in [-0.2, -0.15) is 5.26 Å². The molecule has 0 saturated heterocycles. The Hall–Kier alpha value is -2.67. The van der Waals surface area contributed by atoms with Crippen LogP contribution in [0.2, 0.25) is 10.0 Å². The molecule has 140 valence electrons. The predicted octanol–water partition coefficient (Wildman–Crippen LogP) is 6.32. The third-order valence-electron chi connectivity index (χ3n) is 5.12. The van der Waals surface area contributed by atoms with Crippen LogP contribution in [0.1, 0.15) is 36.3 Å². The molecule has 0 radical (unpaired) electrons. The van der Waals surface area contributed by atoms with Gasteiger partial charge in [0, 0.05) is 16.0 Å². The highest BCUT2D eigenvalue weighted by molar-refractivity contribution is 6.30. The van der Waals surface area contributed by atoms with Crippen molar-refractivity contribution in [1.82, 2.24) is 0 Å². The smallest absolute Gasteiger partial charge is 0.205 e. The third kappa shape index (κ3) is 3.54. The second kappa shape index (κ2) is 7.75. The molecule has 2 aromatic rings. The molecule has 2 aromatic carbocycles. The Morgan fingerprint density at radius 3 is 2.29 bits per heavy atom. The second-order valence-electron chi connectivity index (χ2n) is 6.91. The Bertz CT molecular complexity index is 1040. The van der Waals surface area contributed by atoms with Gasteiger partial charge in [0.15, 0.2) is 0 Å². The van der Waals surface area contributed by atoms with Crippen LogP contribution in [0.15, 0.2) is 76.9 Å². The zero-order chi connectivity index (χ0) is 19.7. The fraction of sp³-hybridized carbons (Fsp3) is 0.174. The average molecular weight is 409 g/mol. The van der Waals surface area contributed by atoms with Gasteiger partial charge < -0.3 is 10.5 Å². The first kappa shape index (κ1) is 18.7. The van der Waals surface area contributed by atoms with Gasteiger partial charge in [-0.05, 0) is 71.9 Å². The molecule has 0 amide bonds. The van der Waals surface area contributed by atoms with Crippen LogP contribution in [-0.4, -0.2) is 0 Å². The predicted molar refractivity (Wildman–Crippen MR) is 112 cm³/mol. The van der Waals surface area contributed by atoms with Gasteiger partial charge in [0.05, 0.1) is 0 Å². The highest BCUT2D eigenvalue weighted by Gasteiger charge is 2.35. The van der Waals surface area contributed by atoms with E-state index in [4.69, 9.17) is 33.7 Å². The van der Waals surface area contributed by atoms with E-state index < -0.39 is 0 Å². The van der Waals surface area contributed by atoms with Crippen molar-refractivity contribution in [2.75, 3.05) is 0 Å². The molecule has 1 heterocycles. The van der Waals surface area contributed by atoms with Crippen molar-refractivity contribution in [1.29, 1.82) is 5.26 Å². The summed E-state index contributed by atoms with van der Waals surface area (Å²) in [7, 11) is 0. The molecule has 28 heavy (non-hydrogen) atoms. The highest BCUT2D eigenvalue weighted by Crippen LogP contribution is 2.46. The first-order chi connectivity index (χ1) is 13.6. The maximum absolute atomic E-state index is 9.72. The molecule has 1 unspecified atom stereocenters. The van der Waals surface area contributed by atoms with Crippen molar-refractivity contribution in [3.8, 4) is 6.07 Å². The molecule has 3 nitrogen and oxygen atoms in total. The van der Waals surface area contributed by atoms with E-state index in [1.807, 2.05) is 48.5 Å². The van der Waals surface area contributed by atoms with E-state index in [-0.39, 0.29) is 11.8 Å². The molecular formula is C23H18Cl2N2O. The van der Waals surface area contributed by atoms with Crippen LogP contribution in [0, 0.1) is 11.3 Å². The lowest BCUT2D eigenvalue weighted by Crippen LogP contribution is -2.23. The minimum Gasteiger partial charge on any atom is -0.440 e. The summed E-state index contributed by atoms with van der Waals surface area (Å²) in [6, 6.07) is 17.5. The Morgan fingerprint density at radius 1 is 1.00 bits per heavy atom. The summed E-state index contributed by atoms with van der Waals surface area (Å²) in [4.78, 5) is 0. The summed E-state index contributed by atoms with van der Waals surface area (Å²) in [5.41, 5.74) is 10.8. The minimum absolute atomic E-state index is 0.171. The molecule has 2 N–H and O–H groups in total. The van der Waals surface area contributed by atoms with Crippen LogP contribution < -0.4 is 5.73 Å². The lowest BCUT2D eigenvalue weighted by atomic mass is 9.77. The molecule has 1 atom stereocenters. The lowest BCUT2D eigenvalue weighted by molar-refractivity contribution is 0.277. The number of nitriles is 1. The molecule has 1 aliphatic heterocycles. The third-order valence-corrected chi connectivity index (χ3v) is 5.63. The van der Waals surface area contributed by atoms with Gasteiger partial charge >= 0.3 is 0 Å². The van der Waals surface area contributed by atoms with Crippen molar-refractivity contribution in [3.63, 3.8) is 0 Å². The van der Waals surface area contributed by atoms with Gasteiger partial charge in [-0.25, -0.2) is 0 Å². The number of benzene rings is 2. The normalized spacial score (nSPS) is 20.6. The first-order valence-electron chi connectivity index (χ1n) is 9.09. The summed E-state index contributed by atoms with van der Waals surface area (Å²) in [6.45, 7) is 0. The average Bonchev–Trinajstić information content (AvgIpc) is 2.70. The fourth-order valence-electron chi connectivity index (χ4n) is 3.83. The van der Waals surface area contributed by atoms with E-state index >= 15 is 0 Å². The number of hydrogen-bond donors (Lipinski definition) is 1. The van der Waals surface area contributed by atoms with Crippen LogP contribution in [0.3, 0.4) is 0 Å². The van der Waals surface area contributed by atoms with Gasteiger partial charge in [-0.1, -0.05) is 47.5 Å². The molecule has 4 rings (SSSR count). The maximum atomic E-state index is 9.72. The van der Waals surface area contributed by atoms with Crippen LogP contribution in [0.5, 0.6) is 0 Å². The van der Waals surface area contributed by atoms with E-state index in [0.29, 0.717) is 15.6 Å². The Balaban J connectivity index is 1.82. The molecule has 0 bridgehead atoms. The van der Waals surface area contributed by atoms with E-state index in [0.717, 1.165) is 47.3 Å². The van der Waals surface area contributed by atoms with Crippen molar-refractivity contribution >= 4 is 29.3 Å². The number of nitrogens with two attached hydrogens (primary N) is 1. The maximum Gasteiger partial charge on any atom is 0.205 e. The number of halogens is 2. The first-order valence-corrected chi connectivity index (χ1v) is 9.85. The summed E-state index contributed by atoms with van der Waals surface area (Å²) in [6.07, 6.45) is 4.85. The van der Waals surface area contributed by atoms with E-state index in [2.05, 4.69) is 12.1 Å². The van der Waals surface area contributed by atoms with E-state index in [9.17, 15) is 5.26 Å². The minimum atomic E-state index is -0.208. The zero-order valence-corrected chi connectivity index (χ0v) is 16.6. The topological polar surface area (TPSA) is 59.0 Å². The molecule has 0 fully saturated rings. The number of ether oxygens (including phenoxy) is 1. The SMILES string of the molecule is N#CC1=C(N)OC2=C(CCC/C2=C/c2ccc(Cl)cc2)C1c1ccc(Cl)cc1. The lowest BCUT2D eigenvalue weighted by Gasteiger charge is -2.33. The summed E-state index contributed by atoms with van der Waals surface area (Å²) in [5.74, 6) is 0.752.